The number of benzene rings is 2. The molecule has 0 saturated carbocycles. The molecule has 0 amide bonds. The lowest BCUT2D eigenvalue weighted by atomic mass is 10.2. The lowest BCUT2D eigenvalue weighted by Crippen LogP contribution is -1.85. The molecule has 0 aliphatic heterocycles. The van der Waals surface area contributed by atoms with Crippen molar-refractivity contribution in [3.05, 3.63) is 48.5 Å². The summed E-state index contributed by atoms with van der Waals surface area (Å²) in [5.74, 6) is 0. The third kappa shape index (κ3) is 1.04. The molecule has 0 spiro atoms. The van der Waals surface area contributed by atoms with E-state index < -0.39 is 0 Å². The fraction of sp³-hybridized carbons (Fsp3) is 0. The number of fused-ring (bicyclic) bond motifs is 2. The van der Waals surface area contributed by atoms with E-state index in [9.17, 15) is 0 Å². The van der Waals surface area contributed by atoms with Crippen LogP contribution in [-0.4, -0.2) is 9.97 Å². The van der Waals surface area contributed by atoms with Crippen LogP contribution in [0.4, 0.5) is 0 Å². The lowest BCUT2D eigenvalue weighted by molar-refractivity contribution is 1.39. The Balaban J connectivity index is 2.53. The zero-order valence-corrected chi connectivity index (χ0v) is 7.44. The van der Waals surface area contributed by atoms with Crippen LogP contribution in [0, 0.1) is 0 Å². The van der Waals surface area contributed by atoms with Crippen LogP contribution in [0.2, 0.25) is 0 Å². The summed E-state index contributed by atoms with van der Waals surface area (Å²) in [4.78, 5) is 8.88. The van der Waals surface area contributed by atoms with E-state index in [0.717, 1.165) is 16.6 Å². The van der Waals surface area contributed by atoms with Crippen LogP contribution >= 0.6 is 0 Å². The van der Waals surface area contributed by atoms with E-state index in [2.05, 4.69) is 9.97 Å². The molecule has 0 bridgehead atoms. The molecule has 0 atom stereocenters. The van der Waals surface area contributed by atoms with E-state index in [-0.39, 0.29) is 0 Å². The zero-order valence-electron chi connectivity index (χ0n) is 8.44. The SMILES string of the molecule is [2H]c1cccc2nc3ccccc3nc12. The number of aromatic nitrogens is 2. The predicted octanol–water partition coefficient (Wildman–Crippen LogP) is 2.78. The summed E-state index contributed by atoms with van der Waals surface area (Å²) in [5, 5.41) is 0. The van der Waals surface area contributed by atoms with Gasteiger partial charge in [-0.15, -0.1) is 0 Å². The molecular weight excluding hydrogens is 172 g/mol. The van der Waals surface area contributed by atoms with E-state index in [1.54, 1.807) is 6.07 Å². The van der Waals surface area contributed by atoms with Gasteiger partial charge >= 0.3 is 0 Å². The normalized spacial score (nSPS) is 11.9. The number of rotatable bonds is 0. The van der Waals surface area contributed by atoms with Crippen molar-refractivity contribution >= 4 is 22.1 Å². The maximum absolute atomic E-state index is 7.74. The number of hydrogen-bond acceptors (Lipinski definition) is 2. The van der Waals surface area contributed by atoms with Gasteiger partial charge in [-0.05, 0) is 24.2 Å². The molecule has 0 aliphatic carbocycles. The van der Waals surface area contributed by atoms with E-state index in [4.69, 9.17) is 1.37 Å². The molecule has 0 unspecified atom stereocenters. The van der Waals surface area contributed by atoms with Gasteiger partial charge in [0.25, 0.3) is 0 Å². The zero-order chi connectivity index (χ0) is 10.3. The molecular formula is C12H8N2. The second-order valence-electron chi connectivity index (χ2n) is 3.12. The Hall–Kier alpha value is -1.96. The van der Waals surface area contributed by atoms with Crippen LogP contribution in [0.25, 0.3) is 22.1 Å². The molecule has 14 heavy (non-hydrogen) atoms. The van der Waals surface area contributed by atoms with Crippen molar-refractivity contribution in [1.82, 2.24) is 9.97 Å². The summed E-state index contributed by atoms with van der Waals surface area (Å²) in [7, 11) is 0. The molecule has 0 aliphatic rings. The second kappa shape index (κ2) is 2.77. The van der Waals surface area contributed by atoms with E-state index >= 15 is 0 Å². The highest BCUT2D eigenvalue weighted by molar-refractivity contribution is 5.85. The van der Waals surface area contributed by atoms with Crippen LogP contribution in [0.5, 0.6) is 0 Å². The standard InChI is InChI=1S/C12H8N2/c1-2-6-10-9(5-1)13-11-7-3-4-8-12(11)14-10/h1-8H/i5D. The Bertz CT molecular complexity index is 649. The van der Waals surface area contributed by atoms with Gasteiger partial charge in [-0.2, -0.15) is 0 Å². The van der Waals surface area contributed by atoms with Gasteiger partial charge in [0.1, 0.15) is 0 Å². The summed E-state index contributed by atoms with van der Waals surface area (Å²) in [6, 6.07) is 13.6. The van der Waals surface area contributed by atoms with Gasteiger partial charge in [-0.3, -0.25) is 0 Å². The first-order chi connectivity index (χ1) is 7.34. The lowest BCUT2D eigenvalue weighted by Gasteiger charge is -1.98. The average molecular weight is 181 g/mol. The third-order valence-electron chi connectivity index (χ3n) is 2.17. The highest BCUT2D eigenvalue weighted by Crippen LogP contribution is 2.14. The van der Waals surface area contributed by atoms with Crippen molar-refractivity contribution in [3.63, 3.8) is 0 Å². The van der Waals surface area contributed by atoms with Gasteiger partial charge in [0, 0.05) is 0 Å². The van der Waals surface area contributed by atoms with Crippen LogP contribution < -0.4 is 0 Å². The minimum Gasteiger partial charge on any atom is -0.245 e. The van der Waals surface area contributed by atoms with Crippen molar-refractivity contribution in [2.24, 2.45) is 0 Å². The molecule has 66 valence electrons. The maximum Gasteiger partial charge on any atom is 0.0894 e. The first kappa shape index (κ1) is 6.49. The number of para-hydroxylation sites is 4. The van der Waals surface area contributed by atoms with Crippen LogP contribution in [0.15, 0.2) is 48.5 Å². The van der Waals surface area contributed by atoms with Crippen molar-refractivity contribution in [3.8, 4) is 0 Å². The molecule has 1 heterocycles. The number of hydrogen-bond donors (Lipinski definition) is 0. The smallest absolute Gasteiger partial charge is 0.0894 e. The van der Waals surface area contributed by atoms with Crippen LogP contribution in [0.3, 0.4) is 0 Å². The third-order valence-corrected chi connectivity index (χ3v) is 2.17. The minimum absolute atomic E-state index is 0.422. The highest BCUT2D eigenvalue weighted by Gasteiger charge is 1.98. The van der Waals surface area contributed by atoms with Gasteiger partial charge in [-0.1, -0.05) is 24.3 Å². The predicted molar refractivity (Wildman–Crippen MR) is 57.0 cm³/mol. The maximum atomic E-state index is 7.74. The summed E-state index contributed by atoms with van der Waals surface area (Å²) in [6.07, 6.45) is 0. The van der Waals surface area contributed by atoms with Crippen molar-refractivity contribution in [2.75, 3.05) is 0 Å². The molecule has 2 heteroatoms. The summed E-state index contributed by atoms with van der Waals surface area (Å²) >= 11 is 0. The molecule has 0 N–H and O–H groups in total. The summed E-state index contributed by atoms with van der Waals surface area (Å²) in [6.45, 7) is 0. The monoisotopic (exact) mass is 181 g/mol. The van der Waals surface area contributed by atoms with Gasteiger partial charge in [0.15, 0.2) is 0 Å². The largest absolute Gasteiger partial charge is 0.245 e. The highest BCUT2D eigenvalue weighted by atomic mass is 14.8. The van der Waals surface area contributed by atoms with Crippen LogP contribution in [-0.2, 0) is 0 Å². The molecule has 2 nitrogen and oxygen atoms in total. The van der Waals surface area contributed by atoms with Crippen molar-refractivity contribution in [2.45, 2.75) is 0 Å². The fourth-order valence-corrected chi connectivity index (χ4v) is 1.50. The summed E-state index contributed by atoms with van der Waals surface area (Å²) in [5.41, 5.74) is 3.15. The molecule has 0 fully saturated rings. The Morgan fingerprint density at radius 2 is 1.21 bits per heavy atom. The molecule has 3 aromatic rings. The quantitative estimate of drug-likeness (QED) is 0.498. The van der Waals surface area contributed by atoms with Gasteiger partial charge in [-0.25, -0.2) is 9.97 Å². The fourth-order valence-electron chi connectivity index (χ4n) is 1.50. The van der Waals surface area contributed by atoms with Crippen molar-refractivity contribution < 1.29 is 1.37 Å². The van der Waals surface area contributed by atoms with Gasteiger partial charge in [0.2, 0.25) is 0 Å². The Labute approximate surface area is 82.6 Å². The van der Waals surface area contributed by atoms with E-state index in [1.807, 2.05) is 36.4 Å². The van der Waals surface area contributed by atoms with Crippen molar-refractivity contribution in [1.29, 1.82) is 0 Å². The Morgan fingerprint density at radius 1 is 0.714 bits per heavy atom. The minimum atomic E-state index is 0.422. The second-order valence-corrected chi connectivity index (χ2v) is 3.12. The topological polar surface area (TPSA) is 25.8 Å². The molecule has 3 rings (SSSR count). The van der Waals surface area contributed by atoms with Crippen LogP contribution in [0.1, 0.15) is 1.37 Å². The first-order valence-corrected chi connectivity index (χ1v) is 4.47. The van der Waals surface area contributed by atoms with E-state index in [1.165, 1.54) is 0 Å². The summed E-state index contributed by atoms with van der Waals surface area (Å²) < 4.78 is 7.74. The van der Waals surface area contributed by atoms with E-state index in [0.29, 0.717) is 11.6 Å². The average Bonchev–Trinajstić information content (AvgIpc) is 2.27. The molecule has 0 saturated heterocycles. The molecule has 2 aromatic carbocycles. The Morgan fingerprint density at radius 3 is 1.93 bits per heavy atom. The molecule has 0 radical (unpaired) electrons. The molecule has 1 aromatic heterocycles. The van der Waals surface area contributed by atoms with Gasteiger partial charge in [0.05, 0.1) is 23.4 Å². The Kier molecular flexibility index (Phi) is 1.28. The number of nitrogens with zero attached hydrogens (tertiary/aromatic N) is 2. The van der Waals surface area contributed by atoms with Gasteiger partial charge < -0.3 is 0 Å². The first-order valence-electron chi connectivity index (χ1n) is 4.97.